The number of hydrogen-bond acceptors (Lipinski definition) is 3. The number of fused-ring (bicyclic) bond motifs is 1. The fourth-order valence-electron chi connectivity index (χ4n) is 4.29. The fraction of sp³-hybridized carbons (Fsp3) is 0.348. The van der Waals surface area contributed by atoms with Crippen LogP contribution in [-0.4, -0.2) is 29.2 Å². The van der Waals surface area contributed by atoms with Crippen molar-refractivity contribution in [1.29, 1.82) is 0 Å². The summed E-state index contributed by atoms with van der Waals surface area (Å²) in [5.74, 6) is -1.17. The van der Waals surface area contributed by atoms with Gasteiger partial charge in [0.15, 0.2) is 5.78 Å². The molecule has 1 unspecified atom stereocenters. The molecule has 150 valence electrons. The minimum Gasteiger partial charge on any atom is -0.319 e. The predicted octanol–water partition coefficient (Wildman–Crippen LogP) is 3.74. The number of urea groups is 1. The van der Waals surface area contributed by atoms with Gasteiger partial charge in [-0.25, -0.2) is 9.18 Å². The molecule has 1 aliphatic carbocycles. The molecular formula is C23H23FN2O3. The van der Waals surface area contributed by atoms with E-state index in [2.05, 4.69) is 5.32 Å². The summed E-state index contributed by atoms with van der Waals surface area (Å²) >= 11 is 0. The van der Waals surface area contributed by atoms with Gasteiger partial charge in [0.1, 0.15) is 11.4 Å². The van der Waals surface area contributed by atoms with Gasteiger partial charge >= 0.3 is 6.03 Å². The maximum atomic E-state index is 13.3. The Bertz CT molecular complexity index is 986. The zero-order valence-electron chi connectivity index (χ0n) is 16.3. The van der Waals surface area contributed by atoms with Gasteiger partial charge in [0.25, 0.3) is 5.91 Å². The van der Waals surface area contributed by atoms with E-state index in [1.54, 1.807) is 13.0 Å². The van der Waals surface area contributed by atoms with Gasteiger partial charge in [-0.1, -0.05) is 31.2 Å². The number of benzene rings is 2. The molecule has 1 aliphatic heterocycles. The molecule has 2 aromatic rings. The van der Waals surface area contributed by atoms with Gasteiger partial charge in [0.2, 0.25) is 0 Å². The number of carbonyl (C=O) groups is 3. The molecule has 2 aliphatic rings. The third-order valence-electron chi connectivity index (χ3n) is 6.02. The monoisotopic (exact) mass is 394 g/mol. The van der Waals surface area contributed by atoms with Crippen LogP contribution in [0.1, 0.15) is 53.2 Å². The number of halogens is 1. The number of ketones is 1. The number of rotatable bonds is 5. The van der Waals surface area contributed by atoms with E-state index in [0.717, 1.165) is 30.6 Å². The average molecular weight is 394 g/mol. The summed E-state index contributed by atoms with van der Waals surface area (Å²) < 4.78 is 13.3. The van der Waals surface area contributed by atoms with Crippen LogP contribution in [0.25, 0.3) is 0 Å². The van der Waals surface area contributed by atoms with Gasteiger partial charge < -0.3 is 5.32 Å². The molecule has 6 heteroatoms. The van der Waals surface area contributed by atoms with E-state index >= 15 is 0 Å². The van der Waals surface area contributed by atoms with Crippen molar-refractivity contribution in [1.82, 2.24) is 10.2 Å². The van der Waals surface area contributed by atoms with Crippen molar-refractivity contribution >= 4 is 17.7 Å². The minimum atomic E-state index is -1.28. The van der Waals surface area contributed by atoms with Gasteiger partial charge in [-0.05, 0) is 67.0 Å². The topological polar surface area (TPSA) is 66.5 Å². The second-order valence-electron chi connectivity index (χ2n) is 7.70. The minimum absolute atomic E-state index is 0.270. The summed E-state index contributed by atoms with van der Waals surface area (Å²) in [5.41, 5.74) is 2.18. The van der Waals surface area contributed by atoms with Crippen LogP contribution in [0.15, 0.2) is 42.5 Å². The number of carbonyl (C=O) groups excluding carboxylic acids is 3. The molecule has 1 atom stereocenters. The highest BCUT2D eigenvalue weighted by atomic mass is 19.1. The first-order valence-corrected chi connectivity index (χ1v) is 10.00. The fourth-order valence-corrected chi connectivity index (χ4v) is 4.29. The van der Waals surface area contributed by atoms with Crippen LogP contribution in [0.4, 0.5) is 9.18 Å². The van der Waals surface area contributed by atoms with Crippen LogP contribution < -0.4 is 5.32 Å². The standard InChI is InChI=1S/C23H23FN2O3/c1-2-23(18-9-11-19(24)12-10-18)21(28)26(22(29)25-23)14-20(27)17-8-7-15-5-3-4-6-16(15)13-17/h7-13H,2-6,14H2,1H3,(H,25,29). The number of amides is 3. The van der Waals surface area contributed by atoms with Crippen molar-refractivity contribution in [3.63, 3.8) is 0 Å². The molecule has 0 aromatic heterocycles. The SMILES string of the molecule is CCC1(c2ccc(F)cc2)NC(=O)N(CC(=O)c2ccc3c(c2)CCCC3)C1=O. The second-order valence-corrected chi connectivity index (χ2v) is 7.70. The van der Waals surface area contributed by atoms with Crippen LogP contribution >= 0.6 is 0 Å². The molecule has 29 heavy (non-hydrogen) atoms. The van der Waals surface area contributed by atoms with Gasteiger partial charge in [-0.15, -0.1) is 0 Å². The van der Waals surface area contributed by atoms with Crippen molar-refractivity contribution < 1.29 is 18.8 Å². The second kappa shape index (κ2) is 7.43. The van der Waals surface area contributed by atoms with E-state index in [4.69, 9.17) is 0 Å². The molecule has 2 aromatic carbocycles. The van der Waals surface area contributed by atoms with E-state index in [0.29, 0.717) is 17.5 Å². The first-order valence-electron chi connectivity index (χ1n) is 10.00. The van der Waals surface area contributed by atoms with Crippen molar-refractivity contribution in [3.05, 3.63) is 70.5 Å². The van der Waals surface area contributed by atoms with Gasteiger partial charge in [-0.3, -0.25) is 14.5 Å². The Balaban J connectivity index is 1.57. The summed E-state index contributed by atoms with van der Waals surface area (Å²) in [6.45, 7) is 1.46. The first-order chi connectivity index (χ1) is 13.9. The molecule has 3 amide bonds. The van der Waals surface area contributed by atoms with Crippen molar-refractivity contribution in [2.75, 3.05) is 6.54 Å². The molecule has 1 fully saturated rings. The van der Waals surface area contributed by atoms with E-state index in [9.17, 15) is 18.8 Å². The Labute approximate surface area is 168 Å². The first kappa shape index (κ1) is 19.3. The molecule has 4 rings (SSSR count). The van der Waals surface area contributed by atoms with Crippen LogP contribution in [0.2, 0.25) is 0 Å². The number of Topliss-reactive ketones (excluding diaryl/α,β-unsaturated/α-hetero) is 1. The van der Waals surface area contributed by atoms with E-state index in [1.807, 2.05) is 12.1 Å². The molecule has 1 saturated heterocycles. The zero-order chi connectivity index (χ0) is 20.6. The predicted molar refractivity (Wildman–Crippen MR) is 106 cm³/mol. The third-order valence-corrected chi connectivity index (χ3v) is 6.02. The summed E-state index contributed by atoms with van der Waals surface area (Å²) in [6, 6.07) is 10.5. The lowest BCUT2D eigenvalue weighted by Gasteiger charge is -2.25. The highest BCUT2D eigenvalue weighted by molar-refractivity contribution is 6.11. The Hall–Kier alpha value is -3.02. The Kier molecular flexibility index (Phi) is 4.94. The molecular weight excluding hydrogens is 371 g/mol. The van der Waals surface area contributed by atoms with Gasteiger partial charge in [0.05, 0.1) is 6.54 Å². The van der Waals surface area contributed by atoms with E-state index in [1.165, 1.54) is 35.4 Å². The highest BCUT2D eigenvalue weighted by Crippen LogP contribution is 2.33. The van der Waals surface area contributed by atoms with Crippen LogP contribution in [0.5, 0.6) is 0 Å². The van der Waals surface area contributed by atoms with Gasteiger partial charge in [-0.2, -0.15) is 0 Å². The molecule has 1 N–H and O–H groups in total. The number of nitrogens with one attached hydrogen (secondary N) is 1. The average Bonchev–Trinajstić information content (AvgIpc) is 2.99. The Morgan fingerprint density at radius 1 is 1.07 bits per heavy atom. The van der Waals surface area contributed by atoms with Crippen LogP contribution in [-0.2, 0) is 23.2 Å². The van der Waals surface area contributed by atoms with Crippen molar-refractivity contribution in [2.24, 2.45) is 0 Å². The van der Waals surface area contributed by atoms with Crippen LogP contribution in [0, 0.1) is 5.82 Å². The maximum absolute atomic E-state index is 13.3. The lowest BCUT2D eigenvalue weighted by atomic mass is 9.87. The van der Waals surface area contributed by atoms with Crippen molar-refractivity contribution in [3.8, 4) is 0 Å². The molecule has 0 spiro atoms. The number of imide groups is 1. The molecule has 0 saturated carbocycles. The Morgan fingerprint density at radius 3 is 2.45 bits per heavy atom. The van der Waals surface area contributed by atoms with Gasteiger partial charge in [0, 0.05) is 5.56 Å². The lowest BCUT2D eigenvalue weighted by Crippen LogP contribution is -2.43. The summed E-state index contributed by atoms with van der Waals surface area (Å²) in [4.78, 5) is 39.5. The highest BCUT2D eigenvalue weighted by Gasteiger charge is 2.51. The molecule has 0 radical (unpaired) electrons. The zero-order valence-corrected chi connectivity index (χ0v) is 16.3. The number of hydrogen-bond donors (Lipinski definition) is 1. The summed E-state index contributed by atoms with van der Waals surface area (Å²) in [5, 5.41) is 2.72. The smallest absolute Gasteiger partial charge is 0.319 e. The number of aryl methyl sites for hydroxylation is 2. The molecule has 0 bridgehead atoms. The molecule has 1 heterocycles. The van der Waals surface area contributed by atoms with E-state index in [-0.39, 0.29) is 12.3 Å². The largest absolute Gasteiger partial charge is 0.325 e. The van der Waals surface area contributed by atoms with Crippen molar-refractivity contribution in [2.45, 2.75) is 44.6 Å². The normalized spacial score (nSPS) is 21.1. The molecule has 5 nitrogen and oxygen atoms in total. The lowest BCUT2D eigenvalue weighted by molar-refractivity contribution is -0.131. The third kappa shape index (κ3) is 3.33. The van der Waals surface area contributed by atoms with Crippen LogP contribution in [0.3, 0.4) is 0 Å². The quantitative estimate of drug-likeness (QED) is 0.621. The maximum Gasteiger partial charge on any atom is 0.325 e. The van der Waals surface area contributed by atoms with E-state index < -0.39 is 23.3 Å². The summed E-state index contributed by atoms with van der Waals surface area (Å²) in [7, 11) is 0. The Morgan fingerprint density at radius 2 is 1.76 bits per heavy atom. The number of nitrogens with zero attached hydrogens (tertiary/aromatic N) is 1. The summed E-state index contributed by atoms with van der Waals surface area (Å²) in [6.07, 6.45) is 4.53.